The van der Waals surface area contributed by atoms with E-state index in [1.165, 1.54) is 0 Å². The number of carboxylic acid groups (broad SMARTS) is 1. The van der Waals surface area contributed by atoms with Gasteiger partial charge in [0.1, 0.15) is 0 Å². The van der Waals surface area contributed by atoms with Gasteiger partial charge in [-0.3, -0.25) is 4.79 Å². The van der Waals surface area contributed by atoms with Crippen LogP contribution in [0.4, 0.5) is 0 Å². The van der Waals surface area contributed by atoms with Crippen molar-refractivity contribution in [1.29, 1.82) is 0 Å². The van der Waals surface area contributed by atoms with Gasteiger partial charge in [0.2, 0.25) is 0 Å². The molecule has 9 heavy (non-hydrogen) atoms. The molecule has 0 aromatic rings. The van der Waals surface area contributed by atoms with E-state index in [-0.39, 0.29) is 75.7 Å². The Morgan fingerprint density at radius 1 is 1.56 bits per heavy atom. The van der Waals surface area contributed by atoms with Crippen molar-refractivity contribution in [3.05, 3.63) is 0 Å². The molecule has 0 atom stereocenters. The molecule has 0 bridgehead atoms. The molecule has 0 unspecified atom stereocenters. The Morgan fingerprint density at radius 3 is 1.89 bits per heavy atom. The van der Waals surface area contributed by atoms with Crippen LogP contribution in [0.25, 0.3) is 0 Å². The fourth-order valence-corrected chi connectivity index (χ4v) is 0.214. The van der Waals surface area contributed by atoms with Gasteiger partial charge >= 0.3 is 76.2 Å². The van der Waals surface area contributed by atoms with E-state index in [0.29, 0.717) is 6.42 Å². The van der Waals surface area contributed by atoms with Crippen molar-refractivity contribution in [2.75, 3.05) is 0 Å². The first-order valence-corrected chi connectivity index (χ1v) is 1.99. The van der Waals surface area contributed by atoms with Crippen molar-refractivity contribution in [1.82, 2.24) is 0 Å². The maximum atomic E-state index is 9.60. The zero-order chi connectivity index (χ0) is 4.99. The van der Waals surface area contributed by atoms with Gasteiger partial charge in [-0.05, 0) is 6.42 Å². The standard InChI is InChI=1S/C4H8O2.K.Li.H2O.2H/c1-2-3-4(5)6;;;;;/h2-3H2,1H3,(H,5,6);;;1H2;;. The van der Waals surface area contributed by atoms with Gasteiger partial charge in [0, 0.05) is 6.42 Å². The minimum absolute atomic E-state index is 0. The van der Waals surface area contributed by atoms with Crippen LogP contribution in [0.2, 0.25) is 0 Å². The Hall–Kier alpha value is 1.66. The number of aliphatic carboxylic acids is 1. The van der Waals surface area contributed by atoms with Gasteiger partial charge in [-0.15, -0.1) is 0 Å². The van der Waals surface area contributed by atoms with Crippen molar-refractivity contribution < 1.29 is 15.4 Å². The molecule has 0 spiro atoms. The third-order valence-electron chi connectivity index (χ3n) is 0.464. The van der Waals surface area contributed by atoms with Crippen molar-refractivity contribution >= 4 is 76.2 Å². The molecule has 0 rings (SSSR count). The molecule has 0 saturated heterocycles. The van der Waals surface area contributed by atoms with Gasteiger partial charge in [0.25, 0.3) is 0 Å². The summed E-state index contributed by atoms with van der Waals surface area (Å²) in [6.07, 6.45) is 1.02. The van der Waals surface area contributed by atoms with Crippen molar-refractivity contribution in [3.63, 3.8) is 0 Å². The summed E-state index contributed by atoms with van der Waals surface area (Å²) in [4.78, 5) is 9.60. The summed E-state index contributed by atoms with van der Waals surface area (Å²) in [7, 11) is 0. The second-order valence-electron chi connectivity index (χ2n) is 1.14. The Morgan fingerprint density at radius 2 is 1.89 bits per heavy atom. The fourth-order valence-electron chi connectivity index (χ4n) is 0.214. The van der Waals surface area contributed by atoms with Crippen LogP contribution >= 0.6 is 0 Å². The number of rotatable bonds is 2. The number of carboxylic acids is 1. The first kappa shape index (κ1) is 22.4. The molecule has 0 aromatic carbocycles. The van der Waals surface area contributed by atoms with Crippen LogP contribution in [-0.4, -0.2) is 86.8 Å². The SMILES string of the molecule is CCCC(=O)O.O.[KH].[LiH]. The third kappa shape index (κ3) is 26.1. The third-order valence-corrected chi connectivity index (χ3v) is 0.464. The molecular formula is C4H12KLiO3. The molecule has 0 heterocycles. The van der Waals surface area contributed by atoms with E-state index in [4.69, 9.17) is 5.11 Å². The van der Waals surface area contributed by atoms with Crippen LogP contribution < -0.4 is 0 Å². The maximum absolute atomic E-state index is 9.60. The molecule has 5 heteroatoms. The summed E-state index contributed by atoms with van der Waals surface area (Å²) in [5, 5.41) is 7.91. The molecule has 0 saturated carbocycles. The molecule has 48 valence electrons. The van der Waals surface area contributed by atoms with Gasteiger partial charge in [-0.2, -0.15) is 0 Å². The van der Waals surface area contributed by atoms with Crippen LogP contribution in [0.1, 0.15) is 19.8 Å². The Kier molecular flexibility index (Phi) is 40.7. The molecule has 0 aliphatic heterocycles. The molecule has 3 N–H and O–H groups in total. The van der Waals surface area contributed by atoms with E-state index in [1.807, 2.05) is 6.92 Å². The molecule has 0 amide bonds. The second-order valence-corrected chi connectivity index (χ2v) is 1.14. The van der Waals surface area contributed by atoms with E-state index in [9.17, 15) is 4.79 Å². The molecule has 3 nitrogen and oxygen atoms in total. The van der Waals surface area contributed by atoms with E-state index < -0.39 is 5.97 Å². The molecule has 0 radical (unpaired) electrons. The van der Waals surface area contributed by atoms with Gasteiger partial charge < -0.3 is 10.6 Å². The summed E-state index contributed by atoms with van der Waals surface area (Å²) in [5.41, 5.74) is 0. The first-order valence-electron chi connectivity index (χ1n) is 1.99. The van der Waals surface area contributed by atoms with E-state index >= 15 is 0 Å². The van der Waals surface area contributed by atoms with E-state index in [2.05, 4.69) is 0 Å². The number of hydrogen-bond acceptors (Lipinski definition) is 1. The van der Waals surface area contributed by atoms with Crippen molar-refractivity contribution in [2.45, 2.75) is 19.8 Å². The van der Waals surface area contributed by atoms with Gasteiger partial charge in [0.15, 0.2) is 0 Å². The normalized spacial score (nSPS) is 5.44. The van der Waals surface area contributed by atoms with E-state index in [0.717, 1.165) is 6.42 Å². The average molecular weight is 154 g/mol. The molecule has 0 aliphatic rings. The van der Waals surface area contributed by atoms with Gasteiger partial charge in [-0.25, -0.2) is 0 Å². The predicted octanol–water partition coefficient (Wildman–Crippen LogP) is -1.25. The first-order chi connectivity index (χ1) is 2.77. The minimum atomic E-state index is -0.711. The van der Waals surface area contributed by atoms with Gasteiger partial charge in [0.05, 0.1) is 0 Å². The molecule has 0 aromatic heterocycles. The summed E-state index contributed by atoms with van der Waals surface area (Å²) in [6, 6.07) is 0. The Labute approximate surface area is 109 Å². The monoisotopic (exact) mass is 154 g/mol. The quantitative estimate of drug-likeness (QED) is 0.505. The summed E-state index contributed by atoms with van der Waals surface area (Å²) in [5.74, 6) is -0.711. The zero-order valence-corrected chi connectivity index (χ0v) is 4.27. The summed E-state index contributed by atoms with van der Waals surface area (Å²) in [6.45, 7) is 1.84. The predicted molar refractivity (Wildman–Crippen MR) is 40.5 cm³/mol. The van der Waals surface area contributed by atoms with Crippen LogP contribution in [0.5, 0.6) is 0 Å². The average Bonchev–Trinajstić information content (AvgIpc) is 1.35. The summed E-state index contributed by atoms with van der Waals surface area (Å²) < 4.78 is 0. The van der Waals surface area contributed by atoms with Crippen LogP contribution in [0.3, 0.4) is 0 Å². The van der Waals surface area contributed by atoms with Crippen LogP contribution in [0, 0.1) is 0 Å². The van der Waals surface area contributed by atoms with Crippen LogP contribution in [0.15, 0.2) is 0 Å². The molecule has 0 fully saturated rings. The van der Waals surface area contributed by atoms with Crippen LogP contribution in [-0.2, 0) is 4.79 Å². The molecular weight excluding hydrogens is 142 g/mol. The Balaban J connectivity index is -0.0000000417. The topological polar surface area (TPSA) is 68.8 Å². The zero-order valence-electron chi connectivity index (χ0n) is 4.27. The summed E-state index contributed by atoms with van der Waals surface area (Å²) >= 11 is 0. The Bertz CT molecular complexity index is 59.8. The van der Waals surface area contributed by atoms with Gasteiger partial charge in [-0.1, -0.05) is 6.92 Å². The van der Waals surface area contributed by atoms with E-state index in [1.54, 1.807) is 0 Å². The fraction of sp³-hybridized carbons (Fsp3) is 0.750. The number of carbonyl (C=O) groups is 1. The number of hydrogen-bond donors (Lipinski definition) is 1. The van der Waals surface area contributed by atoms with Crippen molar-refractivity contribution in [2.24, 2.45) is 0 Å². The second kappa shape index (κ2) is 16.3. The van der Waals surface area contributed by atoms with Crippen molar-refractivity contribution in [3.8, 4) is 0 Å². The molecule has 0 aliphatic carbocycles.